The Hall–Kier alpha value is -1.30. The van der Waals surface area contributed by atoms with Gasteiger partial charge in [-0.05, 0) is 31.7 Å². The first-order valence-corrected chi connectivity index (χ1v) is 7.58. The van der Waals surface area contributed by atoms with E-state index in [1.54, 1.807) is 4.90 Å². The highest BCUT2D eigenvalue weighted by molar-refractivity contribution is 5.86. The number of hydrogen-bond donors (Lipinski definition) is 3. The number of likely N-dealkylation sites (tertiary alicyclic amines) is 1. The molecule has 0 spiro atoms. The molecule has 0 aromatic carbocycles. The Labute approximate surface area is 119 Å². The lowest BCUT2D eigenvalue weighted by Crippen LogP contribution is -2.57. The van der Waals surface area contributed by atoms with Crippen molar-refractivity contribution in [3.05, 3.63) is 0 Å². The second-order valence-corrected chi connectivity index (χ2v) is 6.07. The number of nitrogens with one attached hydrogen (secondary N) is 1. The lowest BCUT2D eigenvalue weighted by molar-refractivity contribution is -0.145. The van der Waals surface area contributed by atoms with Gasteiger partial charge in [0, 0.05) is 13.1 Å². The third-order valence-corrected chi connectivity index (χ3v) is 4.62. The van der Waals surface area contributed by atoms with Gasteiger partial charge in [0.05, 0.1) is 0 Å². The standard InChI is InChI=1S/C14H25N3O3/c15-9-11-5-8-17(10-11)13(20)16-14(12(18)19)6-3-1-2-4-7-14/h11H,1-10,15H2,(H,16,20)(H,18,19). The van der Waals surface area contributed by atoms with Crippen LogP contribution in [0.3, 0.4) is 0 Å². The lowest BCUT2D eigenvalue weighted by Gasteiger charge is -2.31. The Balaban J connectivity index is 2.01. The van der Waals surface area contributed by atoms with Gasteiger partial charge in [-0.2, -0.15) is 0 Å². The number of rotatable bonds is 3. The fourth-order valence-electron chi connectivity index (χ4n) is 3.22. The molecule has 1 unspecified atom stereocenters. The highest BCUT2D eigenvalue weighted by Gasteiger charge is 2.41. The maximum absolute atomic E-state index is 12.3. The van der Waals surface area contributed by atoms with Crippen molar-refractivity contribution in [1.29, 1.82) is 0 Å². The number of nitrogens with zero attached hydrogens (tertiary/aromatic N) is 1. The third-order valence-electron chi connectivity index (χ3n) is 4.62. The van der Waals surface area contributed by atoms with Crippen LogP contribution in [0.4, 0.5) is 4.79 Å². The van der Waals surface area contributed by atoms with Crippen molar-refractivity contribution in [2.24, 2.45) is 11.7 Å². The van der Waals surface area contributed by atoms with Crippen molar-refractivity contribution in [1.82, 2.24) is 10.2 Å². The second-order valence-electron chi connectivity index (χ2n) is 6.07. The topological polar surface area (TPSA) is 95.7 Å². The zero-order chi connectivity index (χ0) is 14.6. The van der Waals surface area contributed by atoms with Gasteiger partial charge < -0.3 is 21.1 Å². The molecule has 1 aliphatic heterocycles. The summed E-state index contributed by atoms with van der Waals surface area (Å²) in [6.07, 6.45) is 5.78. The van der Waals surface area contributed by atoms with E-state index in [0.29, 0.717) is 38.4 Å². The SMILES string of the molecule is NCC1CCN(C(=O)NC2(C(=O)O)CCCCCC2)C1. The zero-order valence-electron chi connectivity index (χ0n) is 11.9. The molecule has 20 heavy (non-hydrogen) atoms. The van der Waals surface area contributed by atoms with Crippen LogP contribution in [0, 0.1) is 5.92 Å². The molecule has 2 fully saturated rings. The summed E-state index contributed by atoms with van der Waals surface area (Å²) in [6.45, 7) is 1.88. The number of nitrogens with two attached hydrogens (primary N) is 1. The van der Waals surface area contributed by atoms with Crippen LogP contribution in [0.5, 0.6) is 0 Å². The summed E-state index contributed by atoms with van der Waals surface area (Å²) >= 11 is 0. The van der Waals surface area contributed by atoms with E-state index in [1.165, 1.54) is 0 Å². The van der Waals surface area contributed by atoms with Crippen molar-refractivity contribution < 1.29 is 14.7 Å². The van der Waals surface area contributed by atoms with Gasteiger partial charge in [0.1, 0.15) is 5.54 Å². The van der Waals surface area contributed by atoms with Crippen LogP contribution >= 0.6 is 0 Å². The summed E-state index contributed by atoms with van der Waals surface area (Å²) in [7, 11) is 0. The highest BCUT2D eigenvalue weighted by Crippen LogP contribution is 2.28. The maximum Gasteiger partial charge on any atom is 0.329 e. The molecule has 2 amide bonds. The van der Waals surface area contributed by atoms with Crippen LogP contribution in [0.25, 0.3) is 0 Å². The molecule has 6 heteroatoms. The normalized spacial score (nSPS) is 26.1. The smallest absolute Gasteiger partial charge is 0.329 e. The summed E-state index contributed by atoms with van der Waals surface area (Å²) in [6, 6.07) is -0.245. The van der Waals surface area contributed by atoms with E-state index in [-0.39, 0.29) is 6.03 Å². The Kier molecular flexibility index (Phi) is 4.86. The monoisotopic (exact) mass is 283 g/mol. The molecule has 4 N–H and O–H groups in total. The largest absolute Gasteiger partial charge is 0.480 e. The first kappa shape index (κ1) is 15.1. The molecule has 0 aromatic heterocycles. The number of amides is 2. The summed E-state index contributed by atoms with van der Waals surface area (Å²) in [5, 5.41) is 12.4. The average molecular weight is 283 g/mol. The van der Waals surface area contributed by atoms with E-state index in [4.69, 9.17) is 5.73 Å². The molecule has 1 saturated heterocycles. The minimum absolute atomic E-state index is 0.245. The van der Waals surface area contributed by atoms with Gasteiger partial charge in [0.15, 0.2) is 0 Å². The van der Waals surface area contributed by atoms with E-state index >= 15 is 0 Å². The minimum Gasteiger partial charge on any atom is -0.480 e. The summed E-state index contributed by atoms with van der Waals surface area (Å²) in [4.78, 5) is 25.7. The van der Waals surface area contributed by atoms with Gasteiger partial charge in [-0.3, -0.25) is 0 Å². The van der Waals surface area contributed by atoms with E-state index < -0.39 is 11.5 Å². The summed E-state index contributed by atoms with van der Waals surface area (Å²) in [5.74, 6) is -0.557. The zero-order valence-corrected chi connectivity index (χ0v) is 11.9. The Morgan fingerprint density at radius 1 is 1.25 bits per heavy atom. The number of aliphatic carboxylic acids is 1. The number of hydrogen-bond acceptors (Lipinski definition) is 3. The molecular weight excluding hydrogens is 258 g/mol. The number of carbonyl (C=O) groups excluding carboxylic acids is 1. The molecule has 1 saturated carbocycles. The van der Waals surface area contributed by atoms with Crippen molar-refractivity contribution in [2.45, 2.75) is 50.5 Å². The third kappa shape index (κ3) is 3.23. The Morgan fingerprint density at radius 2 is 1.90 bits per heavy atom. The molecular formula is C14H25N3O3. The molecule has 2 rings (SSSR count). The van der Waals surface area contributed by atoms with Gasteiger partial charge in [-0.25, -0.2) is 9.59 Å². The van der Waals surface area contributed by atoms with Crippen molar-refractivity contribution in [3.63, 3.8) is 0 Å². The van der Waals surface area contributed by atoms with Gasteiger partial charge in [-0.1, -0.05) is 25.7 Å². The van der Waals surface area contributed by atoms with E-state index in [0.717, 1.165) is 32.1 Å². The van der Waals surface area contributed by atoms with Crippen LogP contribution < -0.4 is 11.1 Å². The van der Waals surface area contributed by atoms with E-state index in [9.17, 15) is 14.7 Å². The van der Waals surface area contributed by atoms with Crippen LogP contribution in [-0.2, 0) is 4.79 Å². The number of urea groups is 1. The Morgan fingerprint density at radius 3 is 2.40 bits per heavy atom. The fraction of sp³-hybridized carbons (Fsp3) is 0.857. The first-order chi connectivity index (χ1) is 9.57. The molecule has 0 aromatic rings. The maximum atomic E-state index is 12.3. The highest BCUT2D eigenvalue weighted by atomic mass is 16.4. The molecule has 6 nitrogen and oxygen atoms in total. The molecule has 1 atom stereocenters. The van der Waals surface area contributed by atoms with E-state index in [2.05, 4.69) is 5.32 Å². The fourth-order valence-corrected chi connectivity index (χ4v) is 3.22. The quantitative estimate of drug-likeness (QED) is 0.677. The average Bonchev–Trinajstić information content (AvgIpc) is 2.79. The van der Waals surface area contributed by atoms with Gasteiger partial charge in [-0.15, -0.1) is 0 Å². The van der Waals surface area contributed by atoms with Crippen molar-refractivity contribution in [3.8, 4) is 0 Å². The van der Waals surface area contributed by atoms with Crippen LogP contribution in [0.2, 0.25) is 0 Å². The lowest BCUT2D eigenvalue weighted by atomic mass is 9.90. The predicted octanol–water partition coefficient (Wildman–Crippen LogP) is 1.15. The van der Waals surface area contributed by atoms with Crippen LogP contribution in [-0.4, -0.2) is 47.2 Å². The van der Waals surface area contributed by atoms with Gasteiger partial charge in [0.25, 0.3) is 0 Å². The predicted molar refractivity (Wildman–Crippen MR) is 75.3 cm³/mol. The number of carboxylic acid groups (broad SMARTS) is 1. The molecule has 1 aliphatic carbocycles. The van der Waals surface area contributed by atoms with Crippen LogP contribution in [0.1, 0.15) is 44.9 Å². The van der Waals surface area contributed by atoms with Crippen molar-refractivity contribution in [2.75, 3.05) is 19.6 Å². The number of carboxylic acids is 1. The molecule has 0 radical (unpaired) electrons. The van der Waals surface area contributed by atoms with E-state index in [1.807, 2.05) is 0 Å². The number of carbonyl (C=O) groups is 2. The van der Waals surface area contributed by atoms with Crippen molar-refractivity contribution >= 4 is 12.0 Å². The molecule has 0 bridgehead atoms. The summed E-state index contributed by atoms with van der Waals surface area (Å²) < 4.78 is 0. The first-order valence-electron chi connectivity index (χ1n) is 7.58. The Bertz CT molecular complexity index is 365. The second kappa shape index (κ2) is 6.43. The molecule has 114 valence electrons. The molecule has 1 heterocycles. The van der Waals surface area contributed by atoms with Gasteiger partial charge in [0.2, 0.25) is 0 Å². The van der Waals surface area contributed by atoms with Crippen LogP contribution in [0.15, 0.2) is 0 Å². The molecule has 2 aliphatic rings. The minimum atomic E-state index is -1.08. The summed E-state index contributed by atoms with van der Waals surface area (Å²) in [5.41, 5.74) is 4.55. The van der Waals surface area contributed by atoms with Gasteiger partial charge >= 0.3 is 12.0 Å².